The molecule has 0 bridgehead atoms. The second kappa shape index (κ2) is 8.63. The summed E-state index contributed by atoms with van der Waals surface area (Å²) in [6, 6.07) is 13.3. The quantitative estimate of drug-likeness (QED) is 0.436. The molecular formula is C21H23N3O2. The van der Waals surface area contributed by atoms with Gasteiger partial charge in [0.25, 0.3) is 0 Å². The zero-order valence-corrected chi connectivity index (χ0v) is 15.3. The highest BCUT2D eigenvalue weighted by Crippen LogP contribution is 2.30. The number of aryl methyl sites for hydroxylation is 1. The van der Waals surface area contributed by atoms with Gasteiger partial charge in [0, 0.05) is 5.70 Å². The number of nitrogen functional groups attached to an aromatic ring is 1. The molecule has 0 saturated carbocycles. The maximum atomic E-state index is 9.52. The summed E-state index contributed by atoms with van der Waals surface area (Å²) in [7, 11) is 1.58. The molecule has 5 heteroatoms. The lowest BCUT2D eigenvalue weighted by molar-refractivity contribution is 0.311. The summed E-state index contributed by atoms with van der Waals surface area (Å²) in [5.74, 6) is 1.27. The summed E-state index contributed by atoms with van der Waals surface area (Å²) in [6.45, 7) is 8.40. The Morgan fingerprint density at radius 3 is 2.69 bits per heavy atom. The highest BCUT2D eigenvalue weighted by molar-refractivity contribution is 5.74. The molecule has 0 spiro atoms. The second-order valence-electron chi connectivity index (χ2n) is 5.71. The van der Waals surface area contributed by atoms with E-state index in [1.165, 1.54) is 0 Å². The number of methoxy groups -OCH3 is 1. The van der Waals surface area contributed by atoms with Crippen molar-refractivity contribution >= 4 is 17.5 Å². The number of nitrogens with one attached hydrogen (secondary N) is 1. The molecule has 2 aromatic carbocycles. The van der Waals surface area contributed by atoms with Crippen LogP contribution in [0.5, 0.6) is 11.5 Å². The lowest BCUT2D eigenvalue weighted by atomic mass is 10.1. The van der Waals surface area contributed by atoms with Gasteiger partial charge in [-0.05, 0) is 55.3 Å². The van der Waals surface area contributed by atoms with Crippen molar-refractivity contribution in [1.29, 1.82) is 5.26 Å². The van der Waals surface area contributed by atoms with Crippen molar-refractivity contribution in [3.8, 4) is 17.6 Å². The zero-order valence-electron chi connectivity index (χ0n) is 15.3. The van der Waals surface area contributed by atoms with Crippen LogP contribution in [0.1, 0.15) is 18.1 Å². The number of benzene rings is 2. The first-order valence-electron chi connectivity index (χ1n) is 8.23. The predicted octanol–water partition coefficient (Wildman–Crippen LogP) is 4.52. The van der Waals surface area contributed by atoms with Crippen LogP contribution in [-0.4, -0.2) is 13.7 Å². The molecule has 0 heterocycles. The number of ether oxygens (including phenoxy) is 2. The fraction of sp³-hybridized carbons (Fsp3) is 0.190. The fourth-order valence-electron chi connectivity index (χ4n) is 2.41. The third-order valence-electron chi connectivity index (χ3n) is 3.74. The normalized spacial score (nSPS) is 10.8. The number of hydrogen-bond acceptors (Lipinski definition) is 5. The SMILES string of the molecule is C=C(Nc1cc(C)ccc1N)/C(C#N)=C/c1ccc(OCC)c(OC)c1. The van der Waals surface area contributed by atoms with Crippen molar-refractivity contribution in [2.24, 2.45) is 0 Å². The van der Waals surface area contributed by atoms with Crippen molar-refractivity contribution in [3.63, 3.8) is 0 Å². The minimum Gasteiger partial charge on any atom is -0.493 e. The lowest BCUT2D eigenvalue weighted by Crippen LogP contribution is -2.03. The molecule has 0 fully saturated rings. The van der Waals surface area contributed by atoms with Crippen LogP contribution < -0.4 is 20.5 Å². The smallest absolute Gasteiger partial charge is 0.161 e. The number of nitrogens with zero attached hydrogens (tertiary/aromatic N) is 1. The third-order valence-corrected chi connectivity index (χ3v) is 3.74. The van der Waals surface area contributed by atoms with Gasteiger partial charge in [-0.1, -0.05) is 18.7 Å². The minimum absolute atomic E-state index is 0.400. The van der Waals surface area contributed by atoms with Gasteiger partial charge in [0.1, 0.15) is 6.07 Å². The number of nitriles is 1. The van der Waals surface area contributed by atoms with Crippen LogP contribution in [-0.2, 0) is 0 Å². The first-order valence-corrected chi connectivity index (χ1v) is 8.23. The van der Waals surface area contributed by atoms with Crippen LogP contribution in [0.4, 0.5) is 11.4 Å². The first-order chi connectivity index (χ1) is 12.5. The summed E-state index contributed by atoms with van der Waals surface area (Å²) >= 11 is 0. The van der Waals surface area contributed by atoms with E-state index in [0.717, 1.165) is 16.8 Å². The average molecular weight is 349 g/mol. The average Bonchev–Trinajstić information content (AvgIpc) is 2.63. The van der Waals surface area contributed by atoms with Gasteiger partial charge < -0.3 is 20.5 Å². The molecule has 0 aliphatic heterocycles. The molecule has 2 rings (SSSR count). The van der Waals surface area contributed by atoms with E-state index in [1.807, 2.05) is 50.2 Å². The molecule has 0 saturated heterocycles. The van der Waals surface area contributed by atoms with Crippen molar-refractivity contribution in [3.05, 3.63) is 65.4 Å². The molecule has 0 radical (unpaired) electrons. The Balaban J connectivity index is 2.28. The van der Waals surface area contributed by atoms with Gasteiger partial charge in [-0.15, -0.1) is 0 Å². The number of anilines is 2. The van der Waals surface area contributed by atoms with Crippen LogP contribution in [0.15, 0.2) is 54.2 Å². The highest BCUT2D eigenvalue weighted by atomic mass is 16.5. The van der Waals surface area contributed by atoms with E-state index in [9.17, 15) is 5.26 Å². The lowest BCUT2D eigenvalue weighted by Gasteiger charge is -2.13. The van der Waals surface area contributed by atoms with Crippen LogP contribution >= 0.6 is 0 Å². The highest BCUT2D eigenvalue weighted by Gasteiger charge is 2.08. The number of hydrogen-bond donors (Lipinski definition) is 2. The first kappa shape index (κ1) is 18.9. The van der Waals surface area contributed by atoms with Gasteiger partial charge >= 0.3 is 0 Å². The maximum Gasteiger partial charge on any atom is 0.161 e. The molecule has 5 nitrogen and oxygen atoms in total. The minimum atomic E-state index is 0.400. The van der Waals surface area contributed by atoms with E-state index in [0.29, 0.717) is 35.1 Å². The van der Waals surface area contributed by atoms with Gasteiger partial charge in [-0.25, -0.2) is 0 Å². The Kier molecular flexibility index (Phi) is 6.29. The number of rotatable bonds is 7. The summed E-state index contributed by atoms with van der Waals surface area (Å²) in [4.78, 5) is 0. The van der Waals surface area contributed by atoms with Gasteiger partial charge in [-0.3, -0.25) is 0 Å². The molecule has 26 heavy (non-hydrogen) atoms. The van der Waals surface area contributed by atoms with Crippen LogP contribution in [0.2, 0.25) is 0 Å². The Morgan fingerprint density at radius 1 is 1.27 bits per heavy atom. The van der Waals surface area contributed by atoms with Crippen molar-refractivity contribution in [2.75, 3.05) is 24.8 Å². The molecule has 0 aliphatic carbocycles. The van der Waals surface area contributed by atoms with Gasteiger partial charge in [-0.2, -0.15) is 5.26 Å². The molecule has 0 amide bonds. The van der Waals surface area contributed by atoms with Crippen LogP contribution in [0, 0.1) is 18.3 Å². The predicted molar refractivity (Wildman–Crippen MR) is 106 cm³/mol. The number of nitrogens with two attached hydrogens (primary N) is 1. The van der Waals surface area contributed by atoms with Crippen LogP contribution in [0.3, 0.4) is 0 Å². The molecule has 3 N–H and O–H groups in total. The summed E-state index contributed by atoms with van der Waals surface area (Å²) < 4.78 is 10.9. The van der Waals surface area contributed by atoms with Gasteiger partial charge in [0.05, 0.1) is 30.7 Å². The van der Waals surface area contributed by atoms with E-state index in [-0.39, 0.29) is 0 Å². The second-order valence-corrected chi connectivity index (χ2v) is 5.71. The molecule has 2 aromatic rings. The van der Waals surface area contributed by atoms with E-state index in [4.69, 9.17) is 15.2 Å². The van der Waals surface area contributed by atoms with E-state index < -0.39 is 0 Å². The van der Waals surface area contributed by atoms with E-state index in [2.05, 4.69) is 18.0 Å². The largest absolute Gasteiger partial charge is 0.493 e. The Morgan fingerprint density at radius 2 is 2.04 bits per heavy atom. The standard InChI is InChI=1S/C21H23N3O2/c1-5-26-20-9-7-16(12-21(20)25-4)11-17(13-22)15(3)24-19-10-14(2)6-8-18(19)23/h6-12,24H,3,5,23H2,1-2,4H3/b17-11+. The number of allylic oxidation sites excluding steroid dienone is 1. The van der Waals surface area contributed by atoms with Crippen LogP contribution in [0.25, 0.3) is 6.08 Å². The fourth-order valence-corrected chi connectivity index (χ4v) is 2.41. The Hall–Kier alpha value is -3.39. The zero-order chi connectivity index (χ0) is 19.1. The topological polar surface area (TPSA) is 80.3 Å². The van der Waals surface area contributed by atoms with Crippen molar-refractivity contribution in [2.45, 2.75) is 13.8 Å². The summed E-state index contributed by atoms with van der Waals surface area (Å²) in [5.41, 5.74) is 10.0. The molecule has 0 aliphatic rings. The monoisotopic (exact) mass is 349 g/mol. The Bertz CT molecular complexity index is 879. The van der Waals surface area contributed by atoms with E-state index >= 15 is 0 Å². The molecule has 0 aromatic heterocycles. The maximum absolute atomic E-state index is 9.52. The third kappa shape index (κ3) is 4.58. The Labute approximate surface area is 154 Å². The van der Waals surface area contributed by atoms with Crippen molar-refractivity contribution < 1.29 is 9.47 Å². The summed E-state index contributed by atoms with van der Waals surface area (Å²) in [6.07, 6.45) is 1.74. The van der Waals surface area contributed by atoms with E-state index in [1.54, 1.807) is 13.2 Å². The molecule has 0 atom stereocenters. The molecular weight excluding hydrogens is 326 g/mol. The summed E-state index contributed by atoms with van der Waals surface area (Å²) in [5, 5.41) is 12.6. The van der Waals surface area contributed by atoms with Crippen molar-refractivity contribution in [1.82, 2.24) is 0 Å². The molecule has 0 unspecified atom stereocenters. The van der Waals surface area contributed by atoms with Gasteiger partial charge in [0.2, 0.25) is 0 Å². The molecule has 134 valence electrons. The van der Waals surface area contributed by atoms with Gasteiger partial charge in [0.15, 0.2) is 11.5 Å².